The maximum absolute atomic E-state index is 12.9. The summed E-state index contributed by atoms with van der Waals surface area (Å²) < 4.78 is 0. The molecule has 0 radical (unpaired) electrons. The number of aliphatic imine (C=N–C) groups is 1. The lowest BCUT2D eigenvalue weighted by atomic mass is 10.0. The van der Waals surface area contributed by atoms with E-state index in [0.29, 0.717) is 25.8 Å². The molecule has 0 spiro atoms. The van der Waals surface area contributed by atoms with Crippen LogP contribution in [0.4, 0.5) is 0 Å². The van der Waals surface area contributed by atoms with E-state index in [1.54, 1.807) is 13.8 Å². The van der Waals surface area contributed by atoms with Gasteiger partial charge in [-0.3, -0.25) is 24.2 Å². The van der Waals surface area contributed by atoms with E-state index < -0.39 is 47.9 Å². The SMILES string of the molecule is CC(NC(=O)C(CCCN=C(N)N)NC(=O)C(NC(=O)C(N)CCCCN)C(C)C)C(=O)O. The summed E-state index contributed by atoms with van der Waals surface area (Å²) in [5, 5.41) is 16.6. The molecule has 0 fully saturated rings. The fourth-order valence-corrected chi connectivity index (χ4v) is 2.84. The molecule has 0 aliphatic rings. The summed E-state index contributed by atoms with van der Waals surface area (Å²) in [7, 11) is 0. The Bertz CT molecular complexity index is 681. The third-order valence-electron chi connectivity index (χ3n) is 4.86. The molecule has 0 aliphatic carbocycles. The Morgan fingerprint density at radius 2 is 1.52 bits per heavy atom. The molecule has 3 amide bonds. The topological polar surface area (TPSA) is 241 Å². The van der Waals surface area contributed by atoms with Gasteiger partial charge in [0.05, 0.1) is 6.04 Å². The van der Waals surface area contributed by atoms with E-state index in [2.05, 4.69) is 20.9 Å². The predicted molar refractivity (Wildman–Crippen MR) is 125 cm³/mol. The Balaban J connectivity index is 5.28. The highest BCUT2D eigenvalue weighted by Gasteiger charge is 2.30. The molecule has 0 rings (SSSR count). The van der Waals surface area contributed by atoms with Gasteiger partial charge in [-0.25, -0.2) is 0 Å². The molecule has 0 saturated heterocycles. The number of carbonyl (C=O) groups excluding carboxylic acids is 3. The van der Waals surface area contributed by atoms with Gasteiger partial charge in [-0.2, -0.15) is 0 Å². The Morgan fingerprint density at radius 1 is 0.879 bits per heavy atom. The molecule has 4 unspecified atom stereocenters. The van der Waals surface area contributed by atoms with Crippen LogP contribution in [0.5, 0.6) is 0 Å². The van der Waals surface area contributed by atoms with Crippen molar-refractivity contribution in [1.29, 1.82) is 0 Å². The summed E-state index contributed by atoms with van der Waals surface area (Å²) in [6.07, 6.45) is 2.35. The van der Waals surface area contributed by atoms with Crippen molar-refractivity contribution < 1.29 is 24.3 Å². The van der Waals surface area contributed by atoms with E-state index in [-0.39, 0.29) is 24.8 Å². The van der Waals surface area contributed by atoms with Gasteiger partial charge in [0, 0.05) is 6.54 Å². The number of guanidine groups is 1. The zero-order chi connectivity index (χ0) is 25.6. The molecule has 0 bridgehead atoms. The smallest absolute Gasteiger partial charge is 0.325 e. The number of rotatable bonds is 16. The summed E-state index contributed by atoms with van der Waals surface area (Å²) >= 11 is 0. The summed E-state index contributed by atoms with van der Waals surface area (Å²) in [4.78, 5) is 52.9. The number of hydrogen-bond donors (Lipinski definition) is 8. The van der Waals surface area contributed by atoms with E-state index in [1.807, 2.05) is 0 Å². The molecule has 0 aromatic heterocycles. The van der Waals surface area contributed by atoms with Gasteiger partial charge in [-0.15, -0.1) is 0 Å². The van der Waals surface area contributed by atoms with Crippen LogP contribution in [0.15, 0.2) is 4.99 Å². The summed E-state index contributed by atoms with van der Waals surface area (Å²) in [6.45, 7) is 5.51. The number of nitrogens with one attached hydrogen (secondary N) is 3. The van der Waals surface area contributed by atoms with Gasteiger partial charge in [0.1, 0.15) is 18.1 Å². The van der Waals surface area contributed by atoms with E-state index in [0.717, 1.165) is 6.42 Å². The highest BCUT2D eigenvalue weighted by atomic mass is 16.4. The van der Waals surface area contributed by atoms with Crippen LogP contribution in [0.25, 0.3) is 0 Å². The number of carboxylic acids is 1. The number of carboxylic acid groups (broad SMARTS) is 1. The standard InChI is InChI=1S/C20H40N8O5/c1-11(2)15(28-16(29)13(22)7-4-5-9-21)18(31)27-14(8-6-10-25-20(23)24)17(30)26-12(3)19(32)33/h11-15H,4-10,21-22H2,1-3H3,(H,26,30)(H,27,31)(H,28,29)(H,32,33)(H4,23,24,25). The third-order valence-corrected chi connectivity index (χ3v) is 4.86. The van der Waals surface area contributed by atoms with Crippen molar-refractivity contribution in [3.63, 3.8) is 0 Å². The van der Waals surface area contributed by atoms with Crippen LogP contribution < -0.4 is 38.9 Å². The van der Waals surface area contributed by atoms with Gasteiger partial charge in [-0.1, -0.05) is 20.3 Å². The second-order valence-electron chi connectivity index (χ2n) is 8.20. The quantitative estimate of drug-likeness (QED) is 0.0683. The minimum atomic E-state index is -1.22. The molecule has 13 heteroatoms. The minimum Gasteiger partial charge on any atom is -0.480 e. The number of nitrogens with two attached hydrogens (primary N) is 4. The van der Waals surface area contributed by atoms with Gasteiger partial charge in [0.2, 0.25) is 17.7 Å². The Labute approximate surface area is 194 Å². The number of hydrogen-bond acceptors (Lipinski definition) is 7. The van der Waals surface area contributed by atoms with Gasteiger partial charge in [-0.05, 0) is 45.1 Å². The van der Waals surface area contributed by atoms with Crippen molar-refractivity contribution in [3.8, 4) is 0 Å². The average Bonchev–Trinajstić information content (AvgIpc) is 2.73. The average molecular weight is 473 g/mol. The normalized spacial score (nSPS) is 14.5. The largest absolute Gasteiger partial charge is 0.480 e. The van der Waals surface area contributed by atoms with Crippen LogP contribution in [0, 0.1) is 5.92 Å². The first-order chi connectivity index (χ1) is 15.4. The van der Waals surface area contributed by atoms with E-state index >= 15 is 0 Å². The van der Waals surface area contributed by atoms with Crippen LogP contribution in [-0.4, -0.2) is 72.0 Å². The number of carbonyl (C=O) groups is 4. The highest BCUT2D eigenvalue weighted by molar-refractivity contribution is 5.94. The summed E-state index contributed by atoms with van der Waals surface area (Å²) in [5.41, 5.74) is 21.9. The van der Waals surface area contributed by atoms with Crippen molar-refractivity contribution in [2.24, 2.45) is 33.8 Å². The molecule has 4 atom stereocenters. The lowest BCUT2D eigenvalue weighted by Crippen LogP contribution is -2.58. The van der Waals surface area contributed by atoms with Crippen LogP contribution in [0.3, 0.4) is 0 Å². The van der Waals surface area contributed by atoms with Crippen LogP contribution in [-0.2, 0) is 19.2 Å². The molecule has 33 heavy (non-hydrogen) atoms. The predicted octanol–water partition coefficient (Wildman–Crippen LogP) is -2.29. The minimum absolute atomic E-state index is 0.107. The molecule has 0 saturated carbocycles. The molecule has 0 heterocycles. The second kappa shape index (κ2) is 15.8. The zero-order valence-electron chi connectivity index (χ0n) is 19.7. The summed E-state index contributed by atoms with van der Waals surface area (Å²) in [5.74, 6) is -3.36. The van der Waals surface area contributed by atoms with E-state index in [9.17, 15) is 19.2 Å². The Kier molecular flexibility index (Phi) is 14.4. The van der Waals surface area contributed by atoms with Crippen molar-refractivity contribution >= 4 is 29.7 Å². The van der Waals surface area contributed by atoms with Gasteiger partial charge in [0.25, 0.3) is 0 Å². The molecular weight excluding hydrogens is 432 g/mol. The first-order valence-corrected chi connectivity index (χ1v) is 11.1. The van der Waals surface area contributed by atoms with Gasteiger partial charge < -0.3 is 44.0 Å². The first kappa shape index (κ1) is 30.1. The maximum atomic E-state index is 12.9. The van der Waals surface area contributed by atoms with Crippen molar-refractivity contribution in [3.05, 3.63) is 0 Å². The Hall–Kier alpha value is -2.93. The molecule has 13 nitrogen and oxygen atoms in total. The number of amides is 3. The maximum Gasteiger partial charge on any atom is 0.325 e. The zero-order valence-corrected chi connectivity index (χ0v) is 19.7. The fourth-order valence-electron chi connectivity index (χ4n) is 2.84. The number of unbranched alkanes of at least 4 members (excludes halogenated alkanes) is 1. The molecule has 190 valence electrons. The first-order valence-electron chi connectivity index (χ1n) is 11.1. The fraction of sp³-hybridized carbons (Fsp3) is 0.750. The summed E-state index contributed by atoms with van der Waals surface area (Å²) in [6, 6.07) is -3.93. The highest BCUT2D eigenvalue weighted by Crippen LogP contribution is 2.07. The van der Waals surface area contributed by atoms with Gasteiger partial charge in [0.15, 0.2) is 5.96 Å². The van der Waals surface area contributed by atoms with E-state index in [4.69, 9.17) is 28.0 Å². The lowest BCUT2D eigenvalue weighted by molar-refractivity contribution is -0.142. The number of nitrogens with zero attached hydrogens (tertiary/aromatic N) is 1. The Morgan fingerprint density at radius 3 is 2.03 bits per heavy atom. The molecule has 0 aromatic carbocycles. The second-order valence-corrected chi connectivity index (χ2v) is 8.20. The van der Waals surface area contributed by atoms with Crippen molar-refractivity contribution in [2.75, 3.05) is 13.1 Å². The van der Waals surface area contributed by atoms with Crippen molar-refractivity contribution in [1.82, 2.24) is 16.0 Å². The van der Waals surface area contributed by atoms with Crippen LogP contribution in [0.2, 0.25) is 0 Å². The molecule has 0 aliphatic heterocycles. The molecular formula is C20H40N8O5. The number of aliphatic carboxylic acids is 1. The molecule has 12 N–H and O–H groups in total. The monoisotopic (exact) mass is 472 g/mol. The van der Waals surface area contributed by atoms with Crippen molar-refractivity contribution in [2.45, 2.75) is 77.0 Å². The van der Waals surface area contributed by atoms with Crippen LogP contribution >= 0.6 is 0 Å². The lowest BCUT2D eigenvalue weighted by Gasteiger charge is -2.26. The van der Waals surface area contributed by atoms with E-state index in [1.165, 1.54) is 6.92 Å². The molecule has 0 aromatic rings. The third kappa shape index (κ3) is 12.6. The van der Waals surface area contributed by atoms with Crippen LogP contribution in [0.1, 0.15) is 52.9 Å². The van der Waals surface area contributed by atoms with Gasteiger partial charge >= 0.3 is 5.97 Å².